The van der Waals surface area contributed by atoms with Crippen molar-refractivity contribution >= 4 is 0 Å². The summed E-state index contributed by atoms with van der Waals surface area (Å²) in [5.41, 5.74) is 4.52. The molecule has 0 aromatic heterocycles. The van der Waals surface area contributed by atoms with E-state index >= 15 is 0 Å². The average molecular weight is 149 g/mol. The minimum Gasteiger partial charge on any atom is -0.320 e. The predicted molar refractivity (Wildman–Crippen MR) is 38.0 cm³/mol. The van der Waals surface area contributed by atoms with Gasteiger partial charge in [-0.25, -0.2) is 8.78 Å². The minimum atomic E-state index is -2.48. The van der Waals surface area contributed by atoms with E-state index in [0.717, 1.165) is 0 Å². The molecule has 0 heterocycles. The molecular weight excluding hydrogens is 136 g/mol. The number of hydrogen-bond donors (Lipinski definition) is 1. The Morgan fingerprint density at radius 1 is 1.70 bits per heavy atom. The number of rotatable bonds is 3. The van der Waals surface area contributed by atoms with Crippen molar-refractivity contribution in [3.63, 3.8) is 0 Å². The van der Waals surface area contributed by atoms with E-state index in [2.05, 4.69) is 6.58 Å². The van der Waals surface area contributed by atoms with E-state index in [1.807, 2.05) is 0 Å². The molecule has 0 aliphatic carbocycles. The third kappa shape index (κ3) is 2.92. The van der Waals surface area contributed by atoms with Crippen molar-refractivity contribution in [2.24, 2.45) is 5.73 Å². The molecule has 60 valence electrons. The minimum absolute atomic E-state index is 0.171. The molecule has 0 aromatic rings. The van der Waals surface area contributed by atoms with Crippen LogP contribution in [-0.4, -0.2) is 12.0 Å². The first-order valence-corrected chi connectivity index (χ1v) is 3.07. The van der Waals surface area contributed by atoms with Gasteiger partial charge in [0, 0.05) is 0 Å². The maximum absolute atomic E-state index is 12.0. The lowest BCUT2D eigenvalue weighted by Gasteiger charge is -2.23. The highest BCUT2D eigenvalue weighted by molar-refractivity contribution is 4.99. The topological polar surface area (TPSA) is 26.0 Å². The molecule has 0 aliphatic rings. The fraction of sp³-hybridized carbons (Fsp3) is 0.714. The smallest absolute Gasteiger partial charge is 0.256 e. The Labute approximate surface area is 59.9 Å². The Hall–Kier alpha value is -0.440. The van der Waals surface area contributed by atoms with Crippen LogP contribution in [0.1, 0.15) is 20.3 Å². The van der Waals surface area contributed by atoms with E-state index in [1.54, 1.807) is 6.92 Å². The monoisotopic (exact) mass is 149 g/mol. The Kier molecular flexibility index (Phi) is 2.96. The first-order chi connectivity index (χ1) is 4.36. The van der Waals surface area contributed by atoms with Crippen molar-refractivity contribution in [3.05, 3.63) is 12.2 Å². The molecule has 0 fully saturated rings. The molecule has 1 nitrogen and oxygen atoms in total. The van der Waals surface area contributed by atoms with Crippen molar-refractivity contribution in [2.75, 3.05) is 0 Å². The third-order valence-electron chi connectivity index (χ3n) is 1.18. The van der Waals surface area contributed by atoms with E-state index in [0.29, 0.717) is 5.57 Å². The Morgan fingerprint density at radius 2 is 2.10 bits per heavy atom. The highest BCUT2D eigenvalue weighted by Gasteiger charge is 2.29. The van der Waals surface area contributed by atoms with Gasteiger partial charge in [-0.2, -0.15) is 0 Å². The maximum atomic E-state index is 12.0. The summed E-state index contributed by atoms with van der Waals surface area (Å²) in [6.45, 7) is 6.52. The molecule has 1 atom stereocenters. The van der Waals surface area contributed by atoms with Crippen molar-refractivity contribution in [3.8, 4) is 0 Å². The highest BCUT2D eigenvalue weighted by Crippen LogP contribution is 2.19. The molecule has 0 bridgehead atoms. The van der Waals surface area contributed by atoms with Gasteiger partial charge in [0.1, 0.15) is 0 Å². The van der Waals surface area contributed by atoms with E-state index in [-0.39, 0.29) is 6.42 Å². The summed E-state index contributed by atoms with van der Waals surface area (Å²) in [5, 5.41) is 0. The first kappa shape index (κ1) is 9.56. The van der Waals surface area contributed by atoms with Crippen LogP contribution in [0.15, 0.2) is 12.2 Å². The van der Waals surface area contributed by atoms with Gasteiger partial charge in [-0.1, -0.05) is 5.57 Å². The normalized spacial score (nSPS) is 17.0. The second-order valence-corrected chi connectivity index (χ2v) is 2.94. The van der Waals surface area contributed by atoms with E-state index in [9.17, 15) is 8.78 Å². The molecule has 0 saturated heterocycles. The van der Waals surface area contributed by atoms with Crippen molar-refractivity contribution in [1.82, 2.24) is 0 Å². The molecule has 0 radical (unpaired) electrons. The highest BCUT2D eigenvalue weighted by atomic mass is 19.3. The summed E-state index contributed by atoms with van der Waals surface area (Å²) in [4.78, 5) is 0. The fourth-order valence-corrected chi connectivity index (χ4v) is 0.727. The molecule has 1 unspecified atom stereocenters. The van der Waals surface area contributed by atoms with E-state index in [1.165, 1.54) is 6.92 Å². The van der Waals surface area contributed by atoms with Gasteiger partial charge in [-0.15, -0.1) is 6.58 Å². The Morgan fingerprint density at radius 3 is 2.20 bits per heavy atom. The number of halogens is 2. The summed E-state index contributed by atoms with van der Waals surface area (Å²) in [6.07, 6.45) is -2.31. The zero-order valence-electron chi connectivity index (χ0n) is 6.32. The molecular formula is C7H13F2N. The first-order valence-electron chi connectivity index (χ1n) is 3.07. The van der Waals surface area contributed by atoms with Crippen LogP contribution in [0.3, 0.4) is 0 Å². The van der Waals surface area contributed by atoms with Gasteiger partial charge in [-0.05, 0) is 20.3 Å². The quantitative estimate of drug-likeness (QED) is 0.610. The van der Waals surface area contributed by atoms with Crippen LogP contribution in [0.4, 0.5) is 8.78 Å². The van der Waals surface area contributed by atoms with Gasteiger partial charge in [0.25, 0.3) is 6.43 Å². The lowest BCUT2D eigenvalue weighted by molar-refractivity contribution is 0.0640. The SMILES string of the molecule is C=C(C)CC(C)(N)C(F)F. The molecule has 3 heteroatoms. The Balaban J connectivity index is 3.99. The molecule has 10 heavy (non-hydrogen) atoms. The molecule has 0 spiro atoms. The molecule has 0 aromatic carbocycles. The van der Waals surface area contributed by atoms with Gasteiger partial charge in [-0.3, -0.25) is 0 Å². The number of hydrogen-bond acceptors (Lipinski definition) is 1. The zero-order chi connectivity index (χ0) is 8.36. The standard InChI is InChI=1S/C7H13F2N/c1-5(2)4-7(3,10)6(8)9/h6H,1,4,10H2,2-3H3. The summed E-state index contributed by atoms with van der Waals surface area (Å²) >= 11 is 0. The predicted octanol–water partition coefficient (Wildman–Crippen LogP) is 1.94. The summed E-state index contributed by atoms with van der Waals surface area (Å²) < 4.78 is 24.0. The van der Waals surface area contributed by atoms with Crippen molar-refractivity contribution in [1.29, 1.82) is 0 Å². The van der Waals surface area contributed by atoms with Gasteiger partial charge in [0.15, 0.2) is 0 Å². The third-order valence-corrected chi connectivity index (χ3v) is 1.18. The summed E-state index contributed by atoms with van der Waals surface area (Å²) in [7, 11) is 0. The van der Waals surface area contributed by atoms with Crippen LogP contribution in [0.5, 0.6) is 0 Å². The van der Waals surface area contributed by atoms with Crippen molar-refractivity contribution in [2.45, 2.75) is 32.2 Å². The zero-order valence-corrected chi connectivity index (χ0v) is 6.32. The summed E-state index contributed by atoms with van der Waals surface area (Å²) in [6, 6.07) is 0. The van der Waals surface area contributed by atoms with Gasteiger partial charge < -0.3 is 5.73 Å². The van der Waals surface area contributed by atoms with E-state index in [4.69, 9.17) is 5.73 Å². The van der Waals surface area contributed by atoms with Crippen LogP contribution >= 0.6 is 0 Å². The lowest BCUT2D eigenvalue weighted by atomic mass is 9.96. The maximum Gasteiger partial charge on any atom is 0.256 e. The van der Waals surface area contributed by atoms with Crippen LogP contribution < -0.4 is 5.73 Å². The number of alkyl halides is 2. The van der Waals surface area contributed by atoms with Gasteiger partial charge >= 0.3 is 0 Å². The Bertz CT molecular complexity index is 130. The second-order valence-electron chi connectivity index (χ2n) is 2.94. The fourth-order valence-electron chi connectivity index (χ4n) is 0.727. The van der Waals surface area contributed by atoms with Crippen LogP contribution in [0, 0.1) is 0 Å². The summed E-state index contributed by atoms with van der Waals surface area (Å²) in [5.74, 6) is 0. The van der Waals surface area contributed by atoms with Crippen LogP contribution in [-0.2, 0) is 0 Å². The molecule has 0 saturated carbocycles. The molecule has 2 N–H and O–H groups in total. The molecule has 0 aliphatic heterocycles. The van der Waals surface area contributed by atoms with Gasteiger partial charge in [0.05, 0.1) is 5.54 Å². The average Bonchev–Trinajstić information content (AvgIpc) is 1.60. The molecule has 0 rings (SSSR count). The second kappa shape index (κ2) is 3.10. The van der Waals surface area contributed by atoms with Gasteiger partial charge in [0.2, 0.25) is 0 Å². The van der Waals surface area contributed by atoms with Crippen LogP contribution in [0.25, 0.3) is 0 Å². The number of nitrogens with two attached hydrogens (primary N) is 1. The van der Waals surface area contributed by atoms with E-state index < -0.39 is 12.0 Å². The lowest BCUT2D eigenvalue weighted by Crippen LogP contribution is -2.43. The van der Waals surface area contributed by atoms with Crippen LogP contribution in [0.2, 0.25) is 0 Å². The van der Waals surface area contributed by atoms with Crippen molar-refractivity contribution < 1.29 is 8.78 Å². The largest absolute Gasteiger partial charge is 0.320 e. The molecule has 0 amide bonds.